The average Bonchev–Trinajstić information content (AvgIpc) is 3.04. The lowest BCUT2D eigenvalue weighted by molar-refractivity contribution is -0.148. The molecule has 0 unspecified atom stereocenters. The van der Waals surface area contributed by atoms with Crippen molar-refractivity contribution in [3.05, 3.63) is 30.2 Å². The van der Waals surface area contributed by atoms with Gasteiger partial charge in [0.15, 0.2) is 6.61 Å². The van der Waals surface area contributed by atoms with E-state index in [-0.39, 0.29) is 18.6 Å². The Kier molecular flexibility index (Phi) is 5.60. The number of nitrogens with zero attached hydrogens (tertiary/aromatic N) is 1. The molecule has 1 heterocycles. The number of rotatable bonds is 5. The number of carbonyl (C=O) groups excluding carboxylic acids is 2. The van der Waals surface area contributed by atoms with Crippen LogP contribution in [0.25, 0.3) is 6.08 Å². The molecule has 0 bridgehead atoms. The Balaban J connectivity index is 1.73. The van der Waals surface area contributed by atoms with E-state index in [2.05, 4.69) is 0 Å². The van der Waals surface area contributed by atoms with Crippen LogP contribution in [0.4, 0.5) is 0 Å². The van der Waals surface area contributed by atoms with Crippen LogP contribution in [0.1, 0.15) is 37.9 Å². The number of amides is 1. The molecule has 0 spiro atoms. The smallest absolute Gasteiger partial charge is 0.331 e. The number of hydrogen-bond donors (Lipinski definition) is 0. The molecule has 1 amide bonds. The Bertz CT molecular complexity index is 486. The molecule has 0 atom stereocenters. The van der Waals surface area contributed by atoms with Gasteiger partial charge in [0.05, 0.1) is 6.26 Å². The first-order valence-corrected chi connectivity index (χ1v) is 7.31. The Hall–Kier alpha value is -2.04. The first-order valence-electron chi connectivity index (χ1n) is 7.31. The van der Waals surface area contributed by atoms with Crippen molar-refractivity contribution in [1.82, 2.24) is 4.90 Å². The van der Waals surface area contributed by atoms with E-state index in [0.29, 0.717) is 5.76 Å². The van der Waals surface area contributed by atoms with Gasteiger partial charge in [0.25, 0.3) is 5.91 Å². The largest absolute Gasteiger partial charge is 0.465 e. The maximum atomic E-state index is 12.0. The highest BCUT2D eigenvalue weighted by Crippen LogP contribution is 2.21. The van der Waals surface area contributed by atoms with Crippen LogP contribution in [-0.2, 0) is 14.3 Å². The predicted molar refractivity (Wildman–Crippen MR) is 78.3 cm³/mol. The summed E-state index contributed by atoms with van der Waals surface area (Å²) in [6.45, 7) is -0.214. The molecule has 0 N–H and O–H groups in total. The summed E-state index contributed by atoms with van der Waals surface area (Å²) in [6.07, 6.45) is 9.92. The SMILES string of the molecule is CN(C(=O)COC(=O)/C=C/c1ccco1)C1CCCCC1. The highest BCUT2D eigenvalue weighted by atomic mass is 16.5. The van der Waals surface area contributed by atoms with Gasteiger partial charge in [0.2, 0.25) is 0 Å². The number of esters is 1. The van der Waals surface area contributed by atoms with Gasteiger partial charge in [-0.25, -0.2) is 4.79 Å². The number of hydrogen-bond acceptors (Lipinski definition) is 4. The fourth-order valence-corrected chi connectivity index (χ4v) is 2.49. The molecule has 1 aliphatic carbocycles. The third-order valence-corrected chi connectivity index (χ3v) is 3.78. The van der Waals surface area contributed by atoms with Crippen LogP contribution < -0.4 is 0 Å². The molecule has 1 saturated carbocycles. The summed E-state index contributed by atoms with van der Waals surface area (Å²) in [4.78, 5) is 25.2. The molecule has 0 aromatic carbocycles. The summed E-state index contributed by atoms with van der Waals surface area (Å²) >= 11 is 0. The normalized spacial score (nSPS) is 16.0. The van der Waals surface area contributed by atoms with Crippen molar-refractivity contribution >= 4 is 18.0 Å². The van der Waals surface area contributed by atoms with E-state index in [0.717, 1.165) is 25.7 Å². The Labute approximate surface area is 124 Å². The highest BCUT2D eigenvalue weighted by molar-refractivity contribution is 5.88. The van der Waals surface area contributed by atoms with Gasteiger partial charge in [-0.2, -0.15) is 0 Å². The molecule has 0 radical (unpaired) electrons. The molecule has 5 heteroatoms. The van der Waals surface area contributed by atoms with Gasteiger partial charge < -0.3 is 14.1 Å². The number of furan rings is 1. The molecule has 1 aromatic heterocycles. The maximum Gasteiger partial charge on any atom is 0.331 e. The summed E-state index contributed by atoms with van der Waals surface area (Å²) in [5.74, 6) is -0.129. The van der Waals surface area contributed by atoms with E-state index >= 15 is 0 Å². The predicted octanol–water partition coefficient (Wildman–Crippen LogP) is 2.63. The maximum absolute atomic E-state index is 12.0. The van der Waals surface area contributed by atoms with Crippen molar-refractivity contribution in [3.8, 4) is 0 Å². The minimum absolute atomic E-state index is 0.151. The van der Waals surface area contributed by atoms with E-state index in [1.165, 1.54) is 24.8 Å². The van der Waals surface area contributed by atoms with Crippen molar-refractivity contribution in [2.75, 3.05) is 13.7 Å². The molecule has 1 fully saturated rings. The average molecular weight is 291 g/mol. The summed E-state index contributed by atoms with van der Waals surface area (Å²) < 4.78 is 10.0. The molecular weight excluding hydrogens is 270 g/mol. The minimum atomic E-state index is -0.545. The van der Waals surface area contributed by atoms with Crippen LogP contribution in [-0.4, -0.2) is 36.5 Å². The fraction of sp³-hybridized carbons (Fsp3) is 0.500. The summed E-state index contributed by atoms with van der Waals surface area (Å²) in [5.41, 5.74) is 0. The first kappa shape index (κ1) is 15.4. The van der Waals surface area contributed by atoms with Crippen LogP contribution in [0.3, 0.4) is 0 Å². The van der Waals surface area contributed by atoms with Gasteiger partial charge in [-0.15, -0.1) is 0 Å². The van der Waals surface area contributed by atoms with E-state index in [4.69, 9.17) is 9.15 Å². The topological polar surface area (TPSA) is 59.8 Å². The van der Waals surface area contributed by atoms with Gasteiger partial charge in [0.1, 0.15) is 5.76 Å². The molecule has 2 rings (SSSR count). The number of carbonyl (C=O) groups is 2. The Morgan fingerprint density at radius 3 is 2.81 bits per heavy atom. The molecule has 0 aliphatic heterocycles. The lowest BCUT2D eigenvalue weighted by Crippen LogP contribution is -2.40. The Morgan fingerprint density at radius 1 is 1.38 bits per heavy atom. The lowest BCUT2D eigenvalue weighted by Gasteiger charge is -2.31. The van der Waals surface area contributed by atoms with Gasteiger partial charge in [0, 0.05) is 19.2 Å². The van der Waals surface area contributed by atoms with Crippen molar-refractivity contribution in [1.29, 1.82) is 0 Å². The third kappa shape index (κ3) is 4.77. The molecule has 1 aromatic rings. The second-order valence-electron chi connectivity index (χ2n) is 5.25. The minimum Gasteiger partial charge on any atom is -0.465 e. The van der Waals surface area contributed by atoms with Gasteiger partial charge in [-0.05, 0) is 31.1 Å². The van der Waals surface area contributed by atoms with E-state index in [9.17, 15) is 9.59 Å². The number of likely N-dealkylation sites (N-methyl/N-ethyl adjacent to an activating group) is 1. The van der Waals surface area contributed by atoms with Gasteiger partial charge in [-0.3, -0.25) is 4.79 Å². The van der Waals surface area contributed by atoms with Crippen LogP contribution in [0.2, 0.25) is 0 Å². The highest BCUT2D eigenvalue weighted by Gasteiger charge is 2.22. The summed E-state index contributed by atoms with van der Waals surface area (Å²) in [5, 5.41) is 0. The fourth-order valence-electron chi connectivity index (χ4n) is 2.49. The monoisotopic (exact) mass is 291 g/mol. The summed E-state index contributed by atoms with van der Waals surface area (Å²) in [7, 11) is 1.78. The van der Waals surface area contributed by atoms with Crippen LogP contribution in [0.15, 0.2) is 28.9 Å². The van der Waals surface area contributed by atoms with E-state index in [1.54, 1.807) is 24.1 Å². The van der Waals surface area contributed by atoms with E-state index in [1.807, 2.05) is 0 Å². The second kappa shape index (κ2) is 7.67. The first-order chi connectivity index (χ1) is 10.2. The summed E-state index contributed by atoms with van der Waals surface area (Å²) in [6, 6.07) is 3.74. The van der Waals surface area contributed by atoms with Crippen molar-refractivity contribution in [2.45, 2.75) is 38.1 Å². The van der Waals surface area contributed by atoms with Crippen LogP contribution in [0, 0.1) is 0 Å². The van der Waals surface area contributed by atoms with Crippen molar-refractivity contribution in [2.24, 2.45) is 0 Å². The lowest BCUT2D eigenvalue weighted by atomic mass is 9.94. The number of ether oxygens (including phenoxy) is 1. The zero-order valence-electron chi connectivity index (χ0n) is 12.3. The molecule has 114 valence electrons. The molecule has 0 saturated heterocycles. The molecular formula is C16H21NO4. The van der Waals surface area contributed by atoms with Crippen molar-refractivity contribution in [3.63, 3.8) is 0 Å². The zero-order valence-corrected chi connectivity index (χ0v) is 12.3. The molecule has 1 aliphatic rings. The standard InChI is InChI=1S/C16H21NO4/c1-17(13-6-3-2-4-7-13)15(18)12-21-16(19)10-9-14-8-5-11-20-14/h5,8-11,13H,2-4,6-7,12H2,1H3/b10-9+. The molecule has 21 heavy (non-hydrogen) atoms. The Morgan fingerprint density at radius 2 is 2.14 bits per heavy atom. The van der Waals surface area contributed by atoms with Crippen LogP contribution >= 0.6 is 0 Å². The van der Waals surface area contributed by atoms with Gasteiger partial charge >= 0.3 is 5.97 Å². The zero-order chi connectivity index (χ0) is 15.1. The quantitative estimate of drug-likeness (QED) is 0.618. The third-order valence-electron chi connectivity index (χ3n) is 3.78. The second-order valence-corrected chi connectivity index (χ2v) is 5.25. The molecule has 5 nitrogen and oxygen atoms in total. The van der Waals surface area contributed by atoms with Crippen molar-refractivity contribution < 1.29 is 18.7 Å². The van der Waals surface area contributed by atoms with Gasteiger partial charge in [-0.1, -0.05) is 19.3 Å². The van der Waals surface area contributed by atoms with Crippen LogP contribution in [0.5, 0.6) is 0 Å². The van der Waals surface area contributed by atoms with E-state index < -0.39 is 5.97 Å².